The van der Waals surface area contributed by atoms with Gasteiger partial charge in [-0.1, -0.05) is 20.8 Å². The van der Waals surface area contributed by atoms with Gasteiger partial charge in [0.2, 0.25) is 0 Å². The zero-order chi connectivity index (χ0) is 21.3. The first kappa shape index (κ1) is 22.8. The maximum absolute atomic E-state index is 9.37. The highest BCUT2D eigenvalue weighted by Crippen LogP contribution is 2.51. The van der Waals surface area contributed by atoms with E-state index in [1.165, 1.54) is 11.9 Å². The third kappa shape index (κ3) is 4.73. The molecular formula is C21H32N2O3SSi. The second kappa shape index (κ2) is 8.09. The zero-order valence-corrected chi connectivity index (χ0v) is 20.2. The van der Waals surface area contributed by atoms with Gasteiger partial charge in [0.15, 0.2) is 14.2 Å². The minimum absolute atomic E-state index is 0.0682. The summed E-state index contributed by atoms with van der Waals surface area (Å²) in [6.07, 6.45) is -0.215. The van der Waals surface area contributed by atoms with Crippen molar-refractivity contribution >= 4 is 26.2 Å². The average molecular weight is 421 g/mol. The first-order valence-electron chi connectivity index (χ1n) is 9.47. The van der Waals surface area contributed by atoms with Crippen molar-refractivity contribution in [3.8, 4) is 11.8 Å². The molecule has 1 aliphatic rings. The largest absolute Gasteiger partial charge is 0.485 e. The number of hydrogen-bond acceptors (Lipinski definition) is 6. The van der Waals surface area contributed by atoms with E-state index in [0.29, 0.717) is 11.5 Å². The molecule has 0 saturated heterocycles. The fraction of sp³-hybridized carbons (Fsp3) is 0.619. The van der Waals surface area contributed by atoms with Crippen LogP contribution in [0.4, 0.5) is 0 Å². The van der Waals surface area contributed by atoms with Crippen molar-refractivity contribution in [3.05, 3.63) is 29.3 Å². The monoisotopic (exact) mass is 420 g/mol. The summed E-state index contributed by atoms with van der Waals surface area (Å²) in [5.41, 5.74) is 1.01. The minimum atomic E-state index is -2.07. The Morgan fingerprint density at radius 3 is 2.50 bits per heavy atom. The molecule has 1 aromatic rings. The molecule has 2 atom stereocenters. The predicted octanol–water partition coefficient (Wildman–Crippen LogP) is 5.87. The third-order valence-electron chi connectivity index (χ3n) is 5.60. The summed E-state index contributed by atoms with van der Waals surface area (Å²) in [5.74, 6) is 1.38. The van der Waals surface area contributed by atoms with Crippen LogP contribution in [0.2, 0.25) is 18.1 Å². The fourth-order valence-electron chi connectivity index (χ4n) is 2.78. The second-order valence-electron chi connectivity index (χ2n) is 9.21. The number of ether oxygens (including phenoxy) is 2. The van der Waals surface area contributed by atoms with Crippen LogP contribution in [0.25, 0.3) is 0 Å². The summed E-state index contributed by atoms with van der Waals surface area (Å²) in [4.78, 5) is 0. The van der Waals surface area contributed by atoms with Crippen molar-refractivity contribution < 1.29 is 13.9 Å². The Morgan fingerprint density at radius 2 is 1.96 bits per heavy atom. The number of nitrogens with zero attached hydrogens (tertiary/aromatic N) is 2. The van der Waals surface area contributed by atoms with E-state index in [4.69, 9.17) is 13.9 Å². The van der Waals surface area contributed by atoms with Crippen LogP contribution in [0.1, 0.15) is 57.9 Å². The lowest BCUT2D eigenvalue weighted by Gasteiger charge is -2.49. The molecule has 0 spiro atoms. The molecule has 1 aliphatic heterocycles. The van der Waals surface area contributed by atoms with Crippen LogP contribution in [0.15, 0.2) is 22.6 Å². The zero-order valence-electron chi connectivity index (χ0n) is 18.4. The van der Waals surface area contributed by atoms with Crippen molar-refractivity contribution in [3.63, 3.8) is 0 Å². The van der Waals surface area contributed by atoms with E-state index >= 15 is 0 Å². The SMILES string of the molecule is CO/C(C)=N/S[C@H]1c2cc(C#N)ccc2OC(C)(C)[C@@H]1O[Si](C)(C)C(C)(C)C. The molecule has 0 amide bonds. The van der Waals surface area contributed by atoms with Crippen LogP contribution in [-0.2, 0) is 9.16 Å². The van der Waals surface area contributed by atoms with Gasteiger partial charge in [0.05, 0.1) is 24.0 Å². The number of fused-ring (bicyclic) bond motifs is 1. The maximum atomic E-state index is 9.37. The minimum Gasteiger partial charge on any atom is -0.485 e. The standard InChI is InChI=1S/C21H32N2O3SSi/c1-14(24-7)23-27-18-16-12-15(13-22)10-11-17(16)25-21(5,6)19(18)26-28(8,9)20(2,3)4/h10-12,18-19H,1-9H3/b23-14+/t18-,19+/m0/s1. The van der Waals surface area contributed by atoms with Gasteiger partial charge in [0.1, 0.15) is 17.5 Å². The number of benzene rings is 1. The number of methoxy groups -OCH3 is 1. The third-order valence-corrected chi connectivity index (χ3v) is 11.1. The Hall–Kier alpha value is -1.49. The smallest absolute Gasteiger partial charge is 0.192 e. The molecule has 1 aromatic carbocycles. The Balaban J connectivity index is 2.56. The first-order valence-corrected chi connectivity index (χ1v) is 13.2. The van der Waals surface area contributed by atoms with Crippen LogP contribution in [0.5, 0.6) is 5.75 Å². The van der Waals surface area contributed by atoms with Crippen molar-refractivity contribution in [2.24, 2.45) is 4.40 Å². The molecule has 0 aliphatic carbocycles. The Bertz CT molecular complexity index is 794. The van der Waals surface area contributed by atoms with Crippen molar-refractivity contribution in [2.75, 3.05) is 7.11 Å². The summed E-state index contributed by atoms with van der Waals surface area (Å²) >= 11 is 1.42. The molecule has 0 bridgehead atoms. The van der Waals surface area contributed by atoms with Gasteiger partial charge in [-0.2, -0.15) is 9.66 Å². The average Bonchev–Trinajstić information content (AvgIpc) is 2.59. The molecular weight excluding hydrogens is 388 g/mol. The van der Waals surface area contributed by atoms with E-state index < -0.39 is 13.9 Å². The van der Waals surface area contributed by atoms with E-state index in [9.17, 15) is 5.26 Å². The molecule has 0 radical (unpaired) electrons. The maximum Gasteiger partial charge on any atom is 0.192 e. The predicted molar refractivity (Wildman–Crippen MR) is 118 cm³/mol. The summed E-state index contributed by atoms with van der Waals surface area (Å²) in [6.45, 7) is 17.1. The van der Waals surface area contributed by atoms with Crippen LogP contribution >= 0.6 is 11.9 Å². The molecule has 0 unspecified atom stereocenters. The van der Waals surface area contributed by atoms with Gasteiger partial charge in [-0.3, -0.25) is 0 Å². The first-order chi connectivity index (χ1) is 12.8. The van der Waals surface area contributed by atoms with E-state index in [1.807, 2.05) is 19.1 Å². The Labute approximate surface area is 174 Å². The molecule has 2 rings (SSSR count). The molecule has 0 fully saturated rings. The van der Waals surface area contributed by atoms with E-state index in [0.717, 1.165) is 11.3 Å². The fourth-order valence-corrected chi connectivity index (χ4v) is 5.42. The molecule has 0 N–H and O–H groups in total. The van der Waals surface area contributed by atoms with E-state index in [1.54, 1.807) is 13.2 Å². The van der Waals surface area contributed by atoms with Gasteiger partial charge in [-0.15, -0.1) is 0 Å². The van der Waals surface area contributed by atoms with Crippen LogP contribution in [-0.4, -0.2) is 33.0 Å². The van der Waals surface area contributed by atoms with Gasteiger partial charge in [-0.05, 0) is 62.1 Å². The highest BCUT2D eigenvalue weighted by molar-refractivity contribution is 7.98. The van der Waals surface area contributed by atoms with Crippen LogP contribution in [0.3, 0.4) is 0 Å². The van der Waals surface area contributed by atoms with Crippen molar-refractivity contribution in [1.82, 2.24) is 0 Å². The summed E-state index contributed by atoms with van der Waals surface area (Å²) in [7, 11) is -0.459. The van der Waals surface area contributed by atoms with Crippen LogP contribution < -0.4 is 4.74 Å². The van der Waals surface area contributed by atoms with E-state index in [2.05, 4.69) is 58.2 Å². The normalized spacial score (nSPS) is 22.1. The number of nitriles is 1. The molecule has 7 heteroatoms. The molecule has 0 saturated carbocycles. The summed E-state index contributed by atoms with van der Waals surface area (Å²) < 4.78 is 23.0. The lowest BCUT2D eigenvalue weighted by Crippen LogP contribution is -2.56. The summed E-state index contributed by atoms with van der Waals surface area (Å²) in [5, 5.41) is 9.34. The lowest BCUT2D eigenvalue weighted by molar-refractivity contribution is -0.0354. The quantitative estimate of drug-likeness (QED) is 0.264. The molecule has 154 valence electrons. The van der Waals surface area contributed by atoms with Gasteiger partial charge in [0.25, 0.3) is 0 Å². The second-order valence-corrected chi connectivity index (χ2v) is 14.9. The molecule has 5 nitrogen and oxygen atoms in total. The van der Waals surface area contributed by atoms with Gasteiger partial charge < -0.3 is 13.9 Å². The highest BCUT2D eigenvalue weighted by atomic mass is 32.2. The molecule has 1 heterocycles. The number of rotatable bonds is 4. The van der Waals surface area contributed by atoms with Gasteiger partial charge in [-0.25, -0.2) is 0 Å². The topological polar surface area (TPSA) is 63.8 Å². The molecule has 28 heavy (non-hydrogen) atoms. The van der Waals surface area contributed by atoms with Crippen molar-refractivity contribution in [2.45, 2.75) is 76.6 Å². The van der Waals surface area contributed by atoms with Gasteiger partial charge >= 0.3 is 0 Å². The van der Waals surface area contributed by atoms with Crippen LogP contribution in [0, 0.1) is 11.3 Å². The van der Waals surface area contributed by atoms with E-state index in [-0.39, 0.29) is 16.4 Å². The highest BCUT2D eigenvalue weighted by Gasteiger charge is 2.50. The molecule has 0 aromatic heterocycles. The Morgan fingerprint density at radius 1 is 1.32 bits per heavy atom. The number of hydrogen-bond donors (Lipinski definition) is 0. The van der Waals surface area contributed by atoms with Gasteiger partial charge in [0, 0.05) is 12.5 Å². The Kier molecular flexibility index (Phi) is 6.59. The lowest BCUT2D eigenvalue weighted by atomic mass is 9.90. The summed E-state index contributed by atoms with van der Waals surface area (Å²) in [6, 6.07) is 7.78. The van der Waals surface area contributed by atoms with Crippen molar-refractivity contribution in [1.29, 1.82) is 5.26 Å².